The highest BCUT2D eigenvalue weighted by molar-refractivity contribution is 6.73. The lowest BCUT2D eigenvalue weighted by molar-refractivity contribution is 0.0787. The molecule has 0 N–H and O–H groups in total. The van der Waals surface area contributed by atoms with Crippen molar-refractivity contribution >= 4 is 35.2 Å². The standard InChI is InChI=1S/2C14H32O6Si2/c2*1-7-15-21(16-8-2,17-9-3)13-14-22(18-10-4,19-11-5)20-12-6/h2*13-14H,7-12H2,1-6H3. The first-order valence-corrected chi connectivity index (χ1v) is 23.4. The van der Waals surface area contributed by atoms with Crippen molar-refractivity contribution in [1.29, 1.82) is 0 Å². The predicted octanol–water partition coefficient (Wildman–Crippen LogP) is 5.44. The van der Waals surface area contributed by atoms with Crippen LogP contribution in [0.1, 0.15) is 83.1 Å². The first-order chi connectivity index (χ1) is 21.1. The summed E-state index contributed by atoms with van der Waals surface area (Å²) < 4.78 is 69.6. The van der Waals surface area contributed by atoms with Crippen molar-refractivity contribution in [2.24, 2.45) is 0 Å². The van der Waals surface area contributed by atoms with Crippen LogP contribution in [0.4, 0.5) is 0 Å². The van der Waals surface area contributed by atoms with Crippen molar-refractivity contribution in [2.75, 3.05) is 79.3 Å². The van der Waals surface area contributed by atoms with E-state index in [-0.39, 0.29) is 0 Å². The minimum Gasteiger partial charge on any atom is -0.371 e. The molecule has 0 fully saturated rings. The summed E-state index contributed by atoms with van der Waals surface area (Å²) in [6.45, 7) is 29.3. The van der Waals surface area contributed by atoms with Gasteiger partial charge in [-0.05, 0) is 106 Å². The highest BCUT2D eigenvalue weighted by Gasteiger charge is 2.45. The minimum absolute atomic E-state index is 0.517. The maximum absolute atomic E-state index is 5.80. The Morgan fingerprint density at radius 2 is 0.318 bits per heavy atom. The number of hydrogen-bond donors (Lipinski definition) is 0. The molecule has 0 heterocycles. The van der Waals surface area contributed by atoms with Gasteiger partial charge < -0.3 is 53.1 Å². The second-order valence-electron chi connectivity index (χ2n) is 8.28. The third-order valence-electron chi connectivity index (χ3n) is 5.13. The van der Waals surface area contributed by atoms with E-state index in [9.17, 15) is 0 Å². The Hall–Kier alpha value is -0.132. The smallest absolute Gasteiger partial charge is 0.371 e. The zero-order valence-electron chi connectivity index (χ0n) is 29.7. The quantitative estimate of drug-likeness (QED) is 0.0968. The maximum atomic E-state index is 5.80. The van der Waals surface area contributed by atoms with Crippen LogP contribution in [-0.2, 0) is 53.1 Å². The molecule has 264 valence electrons. The van der Waals surface area contributed by atoms with Gasteiger partial charge in [0.1, 0.15) is 0 Å². The van der Waals surface area contributed by atoms with Gasteiger partial charge in [0.2, 0.25) is 0 Å². The Morgan fingerprint density at radius 1 is 0.227 bits per heavy atom. The van der Waals surface area contributed by atoms with Crippen molar-refractivity contribution < 1.29 is 53.1 Å². The molecule has 0 aromatic heterocycles. The van der Waals surface area contributed by atoms with Crippen LogP contribution in [0.15, 0.2) is 22.8 Å². The molecule has 0 aromatic carbocycles. The van der Waals surface area contributed by atoms with Crippen LogP contribution in [0.3, 0.4) is 0 Å². The summed E-state index contributed by atoms with van der Waals surface area (Å²) >= 11 is 0. The van der Waals surface area contributed by atoms with Crippen molar-refractivity contribution in [2.45, 2.75) is 83.1 Å². The van der Waals surface area contributed by atoms with Gasteiger partial charge >= 0.3 is 35.2 Å². The fourth-order valence-corrected chi connectivity index (χ4v) is 14.1. The van der Waals surface area contributed by atoms with Gasteiger partial charge in [0.25, 0.3) is 0 Å². The molecule has 0 aliphatic carbocycles. The zero-order chi connectivity index (χ0) is 33.8. The molecule has 0 atom stereocenters. The molecule has 16 heteroatoms. The summed E-state index contributed by atoms with van der Waals surface area (Å²) in [5, 5.41) is 0. The fourth-order valence-electron chi connectivity index (χ4n) is 3.90. The Balaban J connectivity index is 0. The minimum atomic E-state index is -2.88. The Bertz CT molecular complexity index is 536. The second-order valence-corrected chi connectivity index (χ2v) is 17.9. The topological polar surface area (TPSA) is 111 Å². The predicted molar refractivity (Wildman–Crippen MR) is 181 cm³/mol. The summed E-state index contributed by atoms with van der Waals surface area (Å²) in [5.41, 5.74) is 7.38. The van der Waals surface area contributed by atoms with Gasteiger partial charge in [-0.15, -0.1) is 0 Å². The van der Waals surface area contributed by atoms with Crippen LogP contribution in [0.5, 0.6) is 0 Å². The Kier molecular flexibility index (Phi) is 29.2. The van der Waals surface area contributed by atoms with Crippen molar-refractivity contribution in [3.63, 3.8) is 0 Å². The highest BCUT2D eigenvalue weighted by Crippen LogP contribution is 2.19. The van der Waals surface area contributed by atoms with Crippen LogP contribution in [0.25, 0.3) is 0 Å². The van der Waals surface area contributed by atoms with Crippen molar-refractivity contribution in [3.05, 3.63) is 22.8 Å². The number of rotatable bonds is 28. The van der Waals surface area contributed by atoms with E-state index in [2.05, 4.69) is 0 Å². The van der Waals surface area contributed by atoms with Gasteiger partial charge in [-0.1, -0.05) is 0 Å². The molecule has 12 nitrogen and oxygen atoms in total. The molecular weight excluding hydrogens is 641 g/mol. The molecule has 0 radical (unpaired) electrons. The summed E-state index contributed by atoms with van der Waals surface area (Å²) in [7, 11) is -11.5. The third kappa shape index (κ3) is 18.3. The van der Waals surface area contributed by atoms with E-state index >= 15 is 0 Å². The summed E-state index contributed by atoms with van der Waals surface area (Å²) in [5.74, 6) is 0. The van der Waals surface area contributed by atoms with E-state index in [0.29, 0.717) is 79.3 Å². The molecular formula is C28H64O12Si4. The highest BCUT2D eigenvalue weighted by atomic mass is 28.4. The molecule has 44 heavy (non-hydrogen) atoms. The van der Waals surface area contributed by atoms with Crippen LogP contribution in [-0.4, -0.2) is 115 Å². The molecule has 0 saturated heterocycles. The normalized spacial score (nSPS) is 13.2. The van der Waals surface area contributed by atoms with Crippen LogP contribution in [0, 0.1) is 0 Å². The van der Waals surface area contributed by atoms with Gasteiger partial charge in [-0.3, -0.25) is 0 Å². The number of hydrogen-bond acceptors (Lipinski definition) is 12. The SMILES string of the molecule is CCO[Si](C=C[Si](OCC)(OCC)OCC)(OCC)OCC.CCO[Si](C=C[Si](OCC)(OCC)OCC)(OCC)OCC. The average molecular weight is 705 g/mol. The molecule has 0 aromatic rings. The zero-order valence-corrected chi connectivity index (χ0v) is 33.7. The average Bonchev–Trinajstić information content (AvgIpc) is 2.97. The van der Waals surface area contributed by atoms with E-state index in [1.54, 1.807) is 0 Å². The van der Waals surface area contributed by atoms with E-state index in [0.717, 1.165) is 0 Å². The fraction of sp³-hybridized carbons (Fsp3) is 0.857. The Morgan fingerprint density at radius 3 is 0.386 bits per heavy atom. The van der Waals surface area contributed by atoms with Crippen molar-refractivity contribution in [3.8, 4) is 0 Å². The van der Waals surface area contributed by atoms with Gasteiger partial charge in [0.05, 0.1) is 0 Å². The first-order valence-electron chi connectivity index (χ1n) is 16.2. The largest absolute Gasteiger partial charge is 0.529 e. The molecule has 0 saturated carbocycles. The maximum Gasteiger partial charge on any atom is 0.529 e. The van der Waals surface area contributed by atoms with Crippen molar-refractivity contribution in [1.82, 2.24) is 0 Å². The monoisotopic (exact) mass is 704 g/mol. The lowest BCUT2D eigenvalue weighted by Gasteiger charge is -2.28. The lowest BCUT2D eigenvalue weighted by Crippen LogP contribution is -2.48. The van der Waals surface area contributed by atoms with E-state index in [1.165, 1.54) is 0 Å². The molecule has 0 amide bonds. The first kappa shape index (κ1) is 46.0. The second kappa shape index (κ2) is 27.9. The Labute approximate surface area is 273 Å². The van der Waals surface area contributed by atoms with E-state index in [4.69, 9.17) is 53.1 Å². The summed E-state index contributed by atoms with van der Waals surface area (Å²) in [6, 6.07) is 0. The molecule has 0 spiro atoms. The van der Waals surface area contributed by atoms with E-state index in [1.807, 2.05) is 106 Å². The van der Waals surface area contributed by atoms with Gasteiger partial charge in [0, 0.05) is 79.3 Å². The lowest BCUT2D eigenvalue weighted by atomic mass is 10.9. The molecule has 0 aliphatic rings. The van der Waals surface area contributed by atoms with Gasteiger partial charge in [0.15, 0.2) is 0 Å². The molecule has 0 bridgehead atoms. The third-order valence-corrected chi connectivity index (χ3v) is 16.4. The summed E-state index contributed by atoms with van der Waals surface area (Å²) in [6.07, 6.45) is 0. The van der Waals surface area contributed by atoms with Gasteiger partial charge in [-0.25, -0.2) is 0 Å². The van der Waals surface area contributed by atoms with E-state index < -0.39 is 35.2 Å². The van der Waals surface area contributed by atoms with Crippen LogP contribution < -0.4 is 0 Å². The molecule has 0 aliphatic heterocycles. The van der Waals surface area contributed by atoms with Crippen LogP contribution >= 0.6 is 0 Å². The molecule has 0 unspecified atom stereocenters. The summed E-state index contributed by atoms with van der Waals surface area (Å²) in [4.78, 5) is 0. The molecule has 0 rings (SSSR count). The van der Waals surface area contributed by atoms with Gasteiger partial charge in [-0.2, -0.15) is 0 Å². The van der Waals surface area contributed by atoms with Crippen LogP contribution in [0.2, 0.25) is 0 Å².